The molecular weight excluding hydrogens is 1750 g/mol. The maximum Gasteiger partial charge on any atom is 0.159 e. The van der Waals surface area contributed by atoms with E-state index in [-0.39, 0.29) is 0 Å². The van der Waals surface area contributed by atoms with E-state index in [1.54, 1.807) is 0 Å². The van der Waals surface area contributed by atoms with Crippen molar-refractivity contribution >= 4 is 262 Å². The van der Waals surface area contributed by atoms with Gasteiger partial charge in [-0.3, -0.25) is 0 Å². The highest BCUT2D eigenvalue weighted by molar-refractivity contribution is 7.27. The number of para-hydroxylation sites is 10. The van der Waals surface area contributed by atoms with Gasteiger partial charge in [-0.05, 0) is 189 Å². The lowest BCUT2D eigenvalue weighted by Crippen LogP contribution is -2.11. The molecule has 0 aliphatic rings. The molecule has 0 aliphatic heterocycles. The number of anilines is 12. The Balaban J connectivity index is 0.000000138. The molecule has 140 heavy (non-hydrogen) atoms. The highest BCUT2D eigenvalue weighted by atomic mass is 32.1. The zero-order valence-electron chi connectivity index (χ0n) is 75.4. The number of hydrogen-bond donors (Lipinski definition) is 0. The van der Waals surface area contributed by atoms with Gasteiger partial charge in [0.25, 0.3) is 0 Å². The van der Waals surface area contributed by atoms with Gasteiger partial charge in [-0.25, -0.2) is 0 Å². The summed E-state index contributed by atoms with van der Waals surface area (Å²) < 4.78 is 31.5. The fourth-order valence-electron chi connectivity index (χ4n) is 21.8. The van der Waals surface area contributed by atoms with E-state index in [1.165, 1.54) is 83.4 Å². The third-order valence-electron chi connectivity index (χ3n) is 28.0. The Kier molecular flexibility index (Phi) is 18.9. The van der Waals surface area contributed by atoms with Crippen molar-refractivity contribution in [1.29, 1.82) is 0 Å². The van der Waals surface area contributed by atoms with Gasteiger partial charge >= 0.3 is 0 Å². The molecule has 29 aromatic rings. The standard InChI is InChI=1S/C68H42N2O2S.C62H38N2O2S/c1-3-18-43(19-4-1)48-22-9-13-29-59(48)69(46-34-37-53-51-25-11-15-32-62(51)71-64(53)41-46)45-35-38-56-58(40-45)50-24-7-8-27-54(50)66-57-39-36-47(42-65(57)73-68(56)66)70(60-30-14-10-23-49(60)44-20-5-2-6-21-44)61-31-17-28-55-52-26-12-16-33-63(52)72-67(55)61;1-3-16-39(17-4-1)44-20-9-12-26-54(44)64(55-27-15-25-50-47-23-11-14-29-57(47)66-61(50)55)43-32-35-52-59(38-43)67-62-51-34-31-41(36-53(51)45-21-7-8-24-49(45)60(52)62)63(40-18-5-2-6-19-40)42-30-33-48-46-22-10-13-28-56(46)65-58(48)37-42/h1-42H;1-38H. The van der Waals surface area contributed by atoms with Crippen LogP contribution in [0.1, 0.15) is 0 Å². The summed E-state index contributed by atoms with van der Waals surface area (Å²) in [6.45, 7) is 0. The summed E-state index contributed by atoms with van der Waals surface area (Å²) in [7, 11) is 0. The fraction of sp³-hybridized carbons (Fsp3) is 0. The molecule has 0 bridgehead atoms. The Morgan fingerprint density at radius 2 is 0.429 bits per heavy atom. The number of benzene rings is 23. The summed E-state index contributed by atoms with van der Waals surface area (Å²) >= 11 is 3.74. The Hall–Kier alpha value is -18.1. The van der Waals surface area contributed by atoms with Gasteiger partial charge in [-0.1, -0.05) is 334 Å². The van der Waals surface area contributed by atoms with Crippen LogP contribution in [0, 0.1) is 0 Å². The van der Waals surface area contributed by atoms with E-state index < -0.39 is 0 Å². The smallest absolute Gasteiger partial charge is 0.159 e. The molecule has 656 valence electrons. The third kappa shape index (κ3) is 13.2. The molecule has 0 saturated heterocycles. The van der Waals surface area contributed by atoms with Crippen LogP contribution in [0.3, 0.4) is 0 Å². The Bertz CT molecular complexity index is 10000. The first-order chi connectivity index (χ1) is 69.4. The molecule has 0 saturated carbocycles. The van der Waals surface area contributed by atoms with Gasteiger partial charge in [0.2, 0.25) is 0 Å². The second-order valence-corrected chi connectivity index (χ2v) is 38.0. The summed E-state index contributed by atoms with van der Waals surface area (Å²) in [5, 5.41) is 23.7. The van der Waals surface area contributed by atoms with E-state index in [4.69, 9.17) is 17.7 Å². The van der Waals surface area contributed by atoms with Crippen LogP contribution in [-0.4, -0.2) is 0 Å². The van der Waals surface area contributed by atoms with Gasteiger partial charge in [0.15, 0.2) is 11.2 Å². The molecule has 29 rings (SSSR count). The van der Waals surface area contributed by atoms with Gasteiger partial charge in [-0.15, -0.1) is 22.7 Å². The summed E-state index contributed by atoms with van der Waals surface area (Å²) in [5.74, 6) is 0. The topological polar surface area (TPSA) is 65.5 Å². The Morgan fingerprint density at radius 1 is 0.150 bits per heavy atom. The molecule has 6 aromatic heterocycles. The number of fused-ring (bicyclic) bond motifs is 28. The first kappa shape index (κ1) is 80.4. The number of nitrogens with zero attached hydrogens (tertiary/aromatic N) is 4. The van der Waals surface area contributed by atoms with Crippen molar-refractivity contribution in [2.45, 2.75) is 0 Å². The van der Waals surface area contributed by atoms with E-state index in [0.717, 1.165) is 189 Å². The summed E-state index contributed by atoms with van der Waals surface area (Å²) in [5.41, 5.74) is 26.4. The third-order valence-corrected chi connectivity index (χ3v) is 30.4. The molecule has 0 unspecified atom stereocenters. The largest absolute Gasteiger partial charge is 0.456 e. The number of furan rings is 4. The van der Waals surface area contributed by atoms with Crippen LogP contribution >= 0.6 is 22.7 Å². The molecule has 0 amide bonds. The van der Waals surface area contributed by atoms with Crippen molar-refractivity contribution in [3.05, 3.63) is 485 Å². The minimum atomic E-state index is 0.855. The molecule has 6 heterocycles. The Morgan fingerprint density at radius 3 is 0.843 bits per heavy atom. The van der Waals surface area contributed by atoms with Crippen LogP contribution < -0.4 is 19.6 Å². The summed E-state index contributed by atoms with van der Waals surface area (Å²) in [6, 6.07) is 174. The van der Waals surface area contributed by atoms with E-state index in [9.17, 15) is 0 Å². The zero-order valence-corrected chi connectivity index (χ0v) is 77.1. The predicted molar refractivity (Wildman–Crippen MR) is 593 cm³/mol. The quantitative estimate of drug-likeness (QED) is 0.0941. The van der Waals surface area contributed by atoms with Crippen LogP contribution in [0.15, 0.2) is 503 Å². The SMILES string of the molecule is c1ccc(-c2ccccc2N(c2ccc3c(c2)oc2ccccc23)c2ccc3c(c2)c2ccccc2c2c4ccc(N(c5ccccc5-c5ccccc5)c5cccc6c5oc5ccccc56)cc4sc32)cc1.c1ccc(-c2ccccc2N(c2ccc3c(c2)sc2c4ccc(N(c5ccccc5)c5ccc6c(c5)oc5ccccc56)cc4c4ccccc4c32)c2cccc3c2oc2ccccc23)cc1. The van der Waals surface area contributed by atoms with Crippen molar-refractivity contribution in [2.75, 3.05) is 19.6 Å². The normalized spacial score (nSPS) is 11.9. The van der Waals surface area contributed by atoms with Crippen LogP contribution in [0.2, 0.25) is 0 Å². The Labute approximate surface area is 812 Å². The monoisotopic (exact) mass is 1820 g/mol. The van der Waals surface area contributed by atoms with Gasteiger partial charge in [0, 0.05) is 163 Å². The lowest BCUT2D eigenvalue weighted by Gasteiger charge is -2.28. The number of rotatable bonds is 15. The van der Waals surface area contributed by atoms with Crippen molar-refractivity contribution in [1.82, 2.24) is 0 Å². The second kappa shape index (κ2) is 32.9. The van der Waals surface area contributed by atoms with E-state index in [2.05, 4.69) is 469 Å². The molecule has 0 radical (unpaired) electrons. The van der Waals surface area contributed by atoms with Crippen molar-refractivity contribution in [3.8, 4) is 33.4 Å². The second-order valence-electron chi connectivity index (χ2n) is 35.9. The molecule has 0 aliphatic carbocycles. The highest BCUT2D eigenvalue weighted by Gasteiger charge is 2.30. The van der Waals surface area contributed by atoms with Gasteiger partial charge in [-0.2, -0.15) is 0 Å². The van der Waals surface area contributed by atoms with E-state index >= 15 is 0 Å². The first-order valence-corrected chi connectivity index (χ1v) is 49.0. The number of thiophene rings is 2. The summed E-state index contributed by atoms with van der Waals surface area (Å²) in [4.78, 5) is 9.52. The first-order valence-electron chi connectivity index (χ1n) is 47.4. The van der Waals surface area contributed by atoms with Crippen molar-refractivity contribution < 1.29 is 17.7 Å². The zero-order chi connectivity index (χ0) is 92.0. The highest BCUT2D eigenvalue weighted by Crippen LogP contribution is 2.56. The molecule has 0 N–H and O–H groups in total. The van der Waals surface area contributed by atoms with Crippen molar-refractivity contribution in [3.63, 3.8) is 0 Å². The maximum absolute atomic E-state index is 6.78. The van der Waals surface area contributed by atoms with Crippen molar-refractivity contribution in [2.24, 2.45) is 0 Å². The number of hydrogen-bond acceptors (Lipinski definition) is 10. The molecule has 8 nitrogen and oxygen atoms in total. The average Bonchev–Trinajstić information content (AvgIpc) is 1.53. The summed E-state index contributed by atoms with van der Waals surface area (Å²) in [6.07, 6.45) is 0. The minimum Gasteiger partial charge on any atom is -0.456 e. The van der Waals surface area contributed by atoms with Crippen LogP contribution in [0.5, 0.6) is 0 Å². The maximum atomic E-state index is 6.78. The molecule has 0 atom stereocenters. The molecular formula is C130H80N4O4S2. The van der Waals surface area contributed by atoms with Gasteiger partial charge in [0.1, 0.15) is 33.5 Å². The molecule has 0 spiro atoms. The average molecular weight is 1830 g/mol. The predicted octanol–water partition coefficient (Wildman–Crippen LogP) is 39.2. The van der Waals surface area contributed by atoms with E-state index in [1.807, 2.05) is 59.1 Å². The van der Waals surface area contributed by atoms with Gasteiger partial charge < -0.3 is 37.3 Å². The molecule has 10 heteroatoms. The van der Waals surface area contributed by atoms with Gasteiger partial charge in [0.05, 0.1) is 28.4 Å². The molecule has 23 aromatic carbocycles. The van der Waals surface area contributed by atoms with Crippen LogP contribution in [0.25, 0.3) is 205 Å². The lowest BCUT2D eigenvalue weighted by atomic mass is 9.96. The lowest BCUT2D eigenvalue weighted by molar-refractivity contribution is 0.668. The van der Waals surface area contributed by atoms with Crippen LogP contribution in [-0.2, 0) is 0 Å². The molecule has 0 fully saturated rings. The van der Waals surface area contributed by atoms with E-state index in [0.29, 0.717) is 0 Å². The fourth-order valence-corrected chi connectivity index (χ4v) is 24.4. The van der Waals surface area contributed by atoms with Crippen LogP contribution in [0.4, 0.5) is 68.2 Å². The minimum absolute atomic E-state index is 0.855.